The summed E-state index contributed by atoms with van der Waals surface area (Å²) in [5.41, 5.74) is 1.74. The van der Waals surface area contributed by atoms with Gasteiger partial charge in [-0.1, -0.05) is 29.8 Å². The highest BCUT2D eigenvalue weighted by atomic mass is 35.5. The van der Waals surface area contributed by atoms with Crippen molar-refractivity contribution in [2.45, 2.75) is 20.4 Å². The van der Waals surface area contributed by atoms with Crippen LogP contribution in [0, 0.1) is 6.92 Å². The molecule has 0 aliphatic heterocycles. The molecule has 1 heterocycles. The summed E-state index contributed by atoms with van der Waals surface area (Å²) in [5.74, 6) is -0.465. The Bertz CT molecular complexity index is 700. The summed E-state index contributed by atoms with van der Waals surface area (Å²) in [6.45, 7) is 3.62. The topological polar surface area (TPSA) is 71.1 Å². The van der Waals surface area contributed by atoms with Gasteiger partial charge >= 0.3 is 0 Å². The molecule has 2 rings (SSSR count). The van der Waals surface area contributed by atoms with Crippen LogP contribution in [0.4, 0.5) is 0 Å². The fourth-order valence-electron chi connectivity index (χ4n) is 1.79. The lowest BCUT2D eigenvalue weighted by Gasteiger charge is -2.04. The van der Waals surface area contributed by atoms with Crippen LogP contribution in [-0.4, -0.2) is 23.3 Å². The van der Waals surface area contributed by atoms with Crippen LogP contribution in [0.15, 0.2) is 24.3 Å². The van der Waals surface area contributed by atoms with Crippen molar-refractivity contribution in [3.8, 4) is 10.6 Å². The van der Waals surface area contributed by atoms with Crippen LogP contribution in [0.5, 0.6) is 0 Å². The first-order valence-electron chi connectivity index (χ1n) is 6.69. The smallest absolute Gasteiger partial charge is 0.239 e. The average Bonchev–Trinajstić information content (AvgIpc) is 2.84. The van der Waals surface area contributed by atoms with E-state index in [0.29, 0.717) is 11.6 Å². The maximum Gasteiger partial charge on any atom is 0.239 e. The van der Waals surface area contributed by atoms with E-state index in [4.69, 9.17) is 11.6 Å². The van der Waals surface area contributed by atoms with Gasteiger partial charge in [0.25, 0.3) is 0 Å². The first-order valence-corrected chi connectivity index (χ1v) is 7.89. The van der Waals surface area contributed by atoms with Gasteiger partial charge in [0.1, 0.15) is 5.01 Å². The molecule has 5 nitrogen and oxygen atoms in total. The van der Waals surface area contributed by atoms with Gasteiger partial charge in [-0.25, -0.2) is 4.98 Å². The quantitative estimate of drug-likeness (QED) is 0.880. The van der Waals surface area contributed by atoms with E-state index in [1.54, 1.807) is 0 Å². The number of carbonyl (C=O) groups is 2. The van der Waals surface area contributed by atoms with E-state index >= 15 is 0 Å². The molecule has 2 amide bonds. The summed E-state index contributed by atoms with van der Waals surface area (Å²) in [4.78, 5) is 27.8. The molecule has 0 aliphatic carbocycles. The van der Waals surface area contributed by atoms with Crippen molar-refractivity contribution in [2.24, 2.45) is 0 Å². The fraction of sp³-hybridized carbons (Fsp3) is 0.267. The molecule has 1 aromatic carbocycles. The molecule has 0 aliphatic rings. The molecule has 0 atom stereocenters. The minimum Gasteiger partial charge on any atom is -0.350 e. The van der Waals surface area contributed by atoms with E-state index in [2.05, 4.69) is 15.6 Å². The van der Waals surface area contributed by atoms with Crippen molar-refractivity contribution in [3.05, 3.63) is 39.9 Å². The van der Waals surface area contributed by atoms with Crippen LogP contribution in [0.25, 0.3) is 10.6 Å². The van der Waals surface area contributed by atoms with E-state index in [0.717, 1.165) is 21.1 Å². The van der Waals surface area contributed by atoms with Gasteiger partial charge < -0.3 is 10.6 Å². The molecule has 0 bridgehead atoms. The summed E-state index contributed by atoms with van der Waals surface area (Å²) in [7, 11) is 0. The summed E-state index contributed by atoms with van der Waals surface area (Å²) in [6, 6.07) is 7.52. The molecule has 116 valence electrons. The zero-order valence-electron chi connectivity index (χ0n) is 12.3. The predicted octanol–water partition coefficient (Wildman–Crippen LogP) is 2.52. The van der Waals surface area contributed by atoms with Crippen molar-refractivity contribution in [1.82, 2.24) is 15.6 Å². The van der Waals surface area contributed by atoms with Crippen LogP contribution in [0.1, 0.15) is 17.5 Å². The molecular weight excluding hydrogens is 322 g/mol. The number of rotatable bonds is 5. The maximum absolute atomic E-state index is 11.6. The third-order valence-electron chi connectivity index (χ3n) is 2.94. The molecule has 0 unspecified atom stereocenters. The van der Waals surface area contributed by atoms with Crippen LogP contribution in [-0.2, 0) is 16.1 Å². The first-order chi connectivity index (χ1) is 10.5. The van der Waals surface area contributed by atoms with Crippen LogP contribution in [0.3, 0.4) is 0 Å². The Morgan fingerprint density at radius 1 is 1.27 bits per heavy atom. The Labute approximate surface area is 137 Å². The molecule has 2 aromatic rings. The number of hydrogen-bond acceptors (Lipinski definition) is 4. The van der Waals surface area contributed by atoms with Gasteiger partial charge in [-0.2, -0.15) is 0 Å². The van der Waals surface area contributed by atoms with Crippen LogP contribution < -0.4 is 10.6 Å². The number of aromatic nitrogens is 1. The van der Waals surface area contributed by atoms with Crippen molar-refractivity contribution in [2.75, 3.05) is 6.54 Å². The zero-order chi connectivity index (χ0) is 16.1. The van der Waals surface area contributed by atoms with Gasteiger partial charge in [-0.15, -0.1) is 11.3 Å². The van der Waals surface area contributed by atoms with Gasteiger partial charge in [-0.3, -0.25) is 9.59 Å². The molecule has 22 heavy (non-hydrogen) atoms. The van der Waals surface area contributed by atoms with E-state index in [1.807, 2.05) is 31.2 Å². The van der Waals surface area contributed by atoms with Crippen molar-refractivity contribution in [3.63, 3.8) is 0 Å². The van der Waals surface area contributed by atoms with E-state index in [9.17, 15) is 9.59 Å². The molecule has 0 saturated heterocycles. The van der Waals surface area contributed by atoms with Crippen molar-refractivity contribution < 1.29 is 9.59 Å². The second-order valence-corrected chi connectivity index (χ2v) is 6.18. The Balaban J connectivity index is 2.03. The zero-order valence-corrected chi connectivity index (χ0v) is 13.8. The Morgan fingerprint density at radius 3 is 2.68 bits per heavy atom. The minimum absolute atomic E-state index is 0.0233. The second-order valence-electron chi connectivity index (χ2n) is 4.69. The number of aryl methyl sites for hydroxylation is 1. The molecule has 7 heteroatoms. The van der Waals surface area contributed by atoms with E-state index in [1.165, 1.54) is 18.3 Å². The SMILES string of the molecule is CC(=O)NCC(=O)NCc1sc(-c2ccccc2Cl)nc1C. The monoisotopic (exact) mass is 337 g/mol. The molecule has 1 aromatic heterocycles. The molecule has 0 fully saturated rings. The third-order valence-corrected chi connectivity index (χ3v) is 4.46. The number of hydrogen-bond donors (Lipinski definition) is 2. The fourth-order valence-corrected chi connectivity index (χ4v) is 3.11. The first kappa shape index (κ1) is 16.5. The highest BCUT2D eigenvalue weighted by molar-refractivity contribution is 7.15. The summed E-state index contributed by atoms with van der Waals surface area (Å²) in [6.07, 6.45) is 0. The summed E-state index contributed by atoms with van der Waals surface area (Å²) in [5, 5.41) is 6.69. The van der Waals surface area contributed by atoms with Crippen LogP contribution in [0.2, 0.25) is 5.02 Å². The standard InChI is InChI=1S/C15H16ClN3O2S/c1-9-13(7-18-14(21)8-17-10(2)20)22-15(19-9)11-5-3-4-6-12(11)16/h3-6H,7-8H2,1-2H3,(H,17,20)(H,18,21). The maximum atomic E-state index is 11.6. The number of amides is 2. The molecular formula is C15H16ClN3O2S. The average molecular weight is 338 g/mol. The molecule has 2 N–H and O–H groups in total. The van der Waals surface area contributed by atoms with Crippen molar-refractivity contribution >= 4 is 34.8 Å². The van der Waals surface area contributed by atoms with Gasteiger partial charge in [0.15, 0.2) is 0 Å². The number of halogens is 1. The lowest BCUT2D eigenvalue weighted by molar-refractivity contribution is -0.125. The largest absolute Gasteiger partial charge is 0.350 e. The highest BCUT2D eigenvalue weighted by Gasteiger charge is 2.12. The third kappa shape index (κ3) is 4.29. The summed E-state index contributed by atoms with van der Waals surface area (Å²) < 4.78 is 0. The number of nitrogens with one attached hydrogen (secondary N) is 2. The number of nitrogens with zero attached hydrogens (tertiary/aromatic N) is 1. The molecule has 0 saturated carbocycles. The van der Waals surface area contributed by atoms with Gasteiger partial charge in [-0.05, 0) is 13.0 Å². The molecule has 0 spiro atoms. The number of benzene rings is 1. The number of thiazole rings is 1. The molecule has 0 radical (unpaired) electrons. The van der Waals surface area contributed by atoms with E-state index < -0.39 is 0 Å². The highest BCUT2D eigenvalue weighted by Crippen LogP contribution is 2.32. The van der Waals surface area contributed by atoms with Gasteiger partial charge in [0, 0.05) is 17.4 Å². The minimum atomic E-state index is -0.234. The Morgan fingerprint density at radius 2 is 2.00 bits per heavy atom. The second kappa shape index (κ2) is 7.38. The number of carbonyl (C=O) groups excluding carboxylic acids is 2. The Hall–Kier alpha value is -1.92. The lowest BCUT2D eigenvalue weighted by atomic mass is 10.2. The van der Waals surface area contributed by atoms with Crippen molar-refractivity contribution in [1.29, 1.82) is 0 Å². The predicted molar refractivity (Wildman–Crippen MR) is 87.8 cm³/mol. The van der Waals surface area contributed by atoms with Crippen LogP contribution >= 0.6 is 22.9 Å². The van der Waals surface area contributed by atoms with Gasteiger partial charge in [0.05, 0.1) is 23.8 Å². The lowest BCUT2D eigenvalue weighted by Crippen LogP contribution is -2.35. The Kier molecular flexibility index (Phi) is 5.51. The van der Waals surface area contributed by atoms with E-state index in [-0.39, 0.29) is 18.4 Å². The summed E-state index contributed by atoms with van der Waals surface area (Å²) >= 11 is 7.67. The van der Waals surface area contributed by atoms with Gasteiger partial charge in [0.2, 0.25) is 11.8 Å². The normalized spacial score (nSPS) is 10.3.